The number of likely N-dealkylation sites (tertiary alicyclic amines) is 1. The molecule has 3 rings (SSSR count). The number of hydrogen-bond donors (Lipinski definition) is 1. The molecular formula is C17H27N5O2. The van der Waals surface area contributed by atoms with Gasteiger partial charge in [-0.05, 0) is 39.0 Å². The number of nitrogens with zero attached hydrogens (tertiary/aromatic N) is 4. The van der Waals surface area contributed by atoms with E-state index in [1.54, 1.807) is 0 Å². The molecule has 24 heavy (non-hydrogen) atoms. The van der Waals surface area contributed by atoms with Crippen LogP contribution in [0, 0.1) is 11.8 Å². The second-order valence-corrected chi connectivity index (χ2v) is 6.95. The van der Waals surface area contributed by atoms with Gasteiger partial charge in [0.25, 0.3) is 0 Å². The second-order valence-electron chi connectivity index (χ2n) is 6.95. The van der Waals surface area contributed by atoms with Crippen LogP contribution in [0.2, 0.25) is 0 Å². The zero-order valence-corrected chi connectivity index (χ0v) is 14.6. The fourth-order valence-corrected chi connectivity index (χ4v) is 3.34. The van der Waals surface area contributed by atoms with E-state index in [1.165, 1.54) is 6.33 Å². The Bertz CT molecular complexity index is 588. The van der Waals surface area contributed by atoms with Crippen molar-refractivity contribution >= 4 is 11.8 Å². The largest absolute Gasteiger partial charge is 0.346 e. The highest BCUT2D eigenvalue weighted by Gasteiger charge is 2.36. The van der Waals surface area contributed by atoms with Crippen LogP contribution in [0.1, 0.15) is 57.8 Å². The van der Waals surface area contributed by atoms with Crippen molar-refractivity contribution in [3.63, 3.8) is 0 Å². The maximum absolute atomic E-state index is 12.5. The molecule has 1 aromatic heterocycles. The minimum absolute atomic E-state index is 0.0155. The number of aryl methyl sites for hydroxylation is 1. The van der Waals surface area contributed by atoms with Crippen LogP contribution in [0.5, 0.6) is 0 Å². The number of piperidine rings is 1. The third-order valence-corrected chi connectivity index (χ3v) is 4.93. The maximum atomic E-state index is 12.5. The molecule has 0 spiro atoms. The van der Waals surface area contributed by atoms with Crippen LogP contribution in [-0.2, 0) is 16.1 Å². The Morgan fingerprint density at radius 3 is 2.58 bits per heavy atom. The van der Waals surface area contributed by atoms with Gasteiger partial charge < -0.3 is 10.2 Å². The second kappa shape index (κ2) is 7.32. The van der Waals surface area contributed by atoms with Gasteiger partial charge in [0.2, 0.25) is 11.8 Å². The van der Waals surface area contributed by atoms with Gasteiger partial charge in [-0.25, -0.2) is 9.67 Å². The summed E-state index contributed by atoms with van der Waals surface area (Å²) in [6.07, 6.45) is 6.09. The van der Waals surface area contributed by atoms with Gasteiger partial charge in [0.15, 0.2) is 0 Å². The first-order valence-corrected chi connectivity index (χ1v) is 9.07. The Morgan fingerprint density at radius 1 is 1.25 bits per heavy atom. The number of rotatable bonds is 6. The Hall–Kier alpha value is -1.92. The maximum Gasteiger partial charge on any atom is 0.225 e. The Balaban J connectivity index is 1.50. The Morgan fingerprint density at radius 2 is 1.96 bits per heavy atom. The van der Waals surface area contributed by atoms with Crippen molar-refractivity contribution in [1.29, 1.82) is 0 Å². The molecule has 132 valence electrons. The summed E-state index contributed by atoms with van der Waals surface area (Å²) in [5, 5.41) is 7.27. The summed E-state index contributed by atoms with van der Waals surface area (Å²) in [5.41, 5.74) is 0. The van der Waals surface area contributed by atoms with E-state index in [9.17, 15) is 9.59 Å². The lowest BCUT2D eigenvalue weighted by molar-refractivity contribution is -0.136. The number of hydrogen-bond acceptors (Lipinski definition) is 4. The predicted molar refractivity (Wildman–Crippen MR) is 88.9 cm³/mol. The van der Waals surface area contributed by atoms with Crippen LogP contribution in [-0.4, -0.2) is 44.6 Å². The minimum Gasteiger partial charge on any atom is -0.346 e. The molecule has 0 aromatic carbocycles. The summed E-state index contributed by atoms with van der Waals surface area (Å²) >= 11 is 0. The molecule has 0 bridgehead atoms. The van der Waals surface area contributed by atoms with Crippen LogP contribution in [0.4, 0.5) is 0 Å². The molecule has 1 aromatic rings. The molecule has 1 aliphatic carbocycles. The summed E-state index contributed by atoms with van der Waals surface area (Å²) < 4.78 is 1.85. The molecule has 1 N–H and O–H groups in total. The fraction of sp³-hybridized carbons (Fsp3) is 0.765. The van der Waals surface area contributed by atoms with Crippen molar-refractivity contribution in [2.45, 2.75) is 58.5 Å². The Labute approximate surface area is 142 Å². The smallest absolute Gasteiger partial charge is 0.225 e. The van der Waals surface area contributed by atoms with E-state index in [2.05, 4.69) is 22.3 Å². The summed E-state index contributed by atoms with van der Waals surface area (Å²) in [4.78, 5) is 30.8. The molecule has 1 saturated carbocycles. The molecule has 2 heterocycles. The molecule has 1 saturated heterocycles. The van der Waals surface area contributed by atoms with Crippen LogP contribution < -0.4 is 5.32 Å². The van der Waals surface area contributed by atoms with Crippen LogP contribution in [0.15, 0.2) is 6.33 Å². The average molecular weight is 333 g/mol. The molecule has 0 radical (unpaired) electrons. The number of carbonyl (C=O) groups is 2. The normalized spacial score (nSPS) is 20.0. The van der Waals surface area contributed by atoms with E-state index >= 15 is 0 Å². The van der Waals surface area contributed by atoms with E-state index in [-0.39, 0.29) is 29.7 Å². The summed E-state index contributed by atoms with van der Waals surface area (Å²) in [5.74, 6) is 1.40. The lowest BCUT2D eigenvalue weighted by Gasteiger charge is -2.32. The number of nitrogens with one attached hydrogen (secondary N) is 1. The van der Waals surface area contributed by atoms with Crippen molar-refractivity contribution < 1.29 is 9.59 Å². The van der Waals surface area contributed by atoms with E-state index in [0.29, 0.717) is 13.1 Å². The SMILES string of the molecule is CCCn1ncnc1[C@H](C)NC(=O)C1CCN(C(=O)C2CC2)CC1. The van der Waals surface area contributed by atoms with Gasteiger partial charge in [0, 0.05) is 31.5 Å². The van der Waals surface area contributed by atoms with Crippen molar-refractivity contribution in [3.8, 4) is 0 Å². The zero-order chi connectivity index (χ0) is 17.1. The highest BCUT2D eigenvalue weighted by Crippen LogP contribution is 2.32. The van der Waals surface area contributed by atoms with Crippen LogP contribution >= 0.6 is 0 Å². The van der Waals surface area contributed by atoms with Crippen molar-refractivity contribution in [2.75, 3.05) is 13.1 Å². The summed E-state index contributed by atoms with van der Waals surface area (Å²) in [6, 6.07) is -0.155. The van der Waals surface area contributed by atoms with Crippen molar-refractivity contribution in [3.05, 3.63) is 12.2 Å². The molecule has 7 nitrogen and oxygen atoms in total. The molecule has 7 heteroatoms. The summed E-state index contributed by atoms with van der Waals surface area (Å²) in [6.45, 7) is 6.24. The van der Waals surface area contributed by atoms with Gasteiger partial charge in [-0.15, -0.1) is 0 Å². The van der Waals surface area contributed by atoms with Gasteiger partial charge in [0.05, 0.1) is 6.04 Å². The Kier molecular flexibility index (Phi) is 5.16. The number of aromatic nitrogens is 3. The zero-order valence-electron chi connectivity index (χ0n) is 14.6. The first kappa shape index (κ1) is 16.9. The molecule has 0 unspecified atom stereocenters. The monoisotopic (exact) mass is 333 g/mol. The molecule has 2 aliphatic rings. The van der Waals surface area contributed by atoms with Crippen LogP contribution in [0.25, 0.3) is 0 Å². The van der Waals surface area contributed by atoms with E-state index in [4.69, 9.17) is 0 Å². The third-order valence-electron chi connectivity index (χ3n) is 4.93. The lowest BCUT2D eigenvalue weighted by atomic mass is 9.95. The molecular weight excluding hydrogens is 306 g/mol. The molecule has 2 fully saturated rings. The molecule has 1 aliphatic heterocycles. The van der Waals surface area contributed by atoms with Gasteiger partial charge in [-0.1, -0.05) is 6.92 Å². The topological polar surface area (TPSA) is 80.1 Å². The first-order chi connectivity index (χ1) is 11.6. The molecule has 2 amide bonds. The van der Waals surface area contributed by atoms with Crippen molar-refractivity contribution in [2.24, 2.45) is 11.8 Å². The standard InChI is InChI=1S/C17H27N5O2/c1-3-8-22-15(18-11-19-22)12(2)20-16(23)13-6-9-21(10-7-13)17(24)14-4-5-14/h11-14H,3-10H2,1-2H3,(H,20,23)/t12-/m0/s1. The van der Waals surface area contributed by atoms with Gasteiger partial charge in [-0.3, -0.25) is 9.59 Å². The van der Waals surface area contributed by atoms with Gasteiger partial charge >= 0.3 is 0 Å². The highest BCUT2D eigenvalue weighted by molar-refractivity contribution is 5.82. The van der Waals surface area contributed by atoms with Crippen LogP contribution in [0.3, 0.4) is 0 Å². The first-order valence-electron chi connectivity index (χ1n) is 9.07. The average Bonchev–Trinajstić information content (AvgIpc) is 3.34. The van der Waals surface area contributed by atoms with Crippen molar-refractivity contribution in [1.82, 2.24) is 25.0 Å². The van der Waals surface area contributed by atoms with E-state index < -0.39 is 0 Å². The molecule has 1 atom stereocenters. The fourth-order valence-electron chi connectivity index (χ4n) is 3.34. The van der Waals surface area contributed by atoms with Gasteiger partial charge in [-0.2, -0.15) is 5.10 Å². The summed E-state index contributed by atoms with van der Waals surface area (Å²) in [7, 11) is 0. The van der Waals surface area contributed by atoms with E-state index in [1.807, 2.05) is 16.5 Å². The minimum atomic E-state index is -0.155. The highest BCUT2D eigenvalue weighted by atomic mass is 16.2. The van der Waals surface area contributed by atoms with E-state index in [0.717, 1.165) is 44.5 Å². The number of amides is 2. The lowest BCUT2D eigenvalue weighted by Crippen LogP contribution is -2.44. The number of carbonyl (C=O) groups excluding carboxylic acids is 2. The van der Waals surface area contributed by atoms with Gasteiger partial charge in [0.1, 0.15) is 12.2 Å². The third kappa shape index (κ3) is 3.76. The predicted octanol–water partition coefficient (Wildman–Crippen LogP) is 1.51. The quantitative estimate of drug-likeness (QED) is 0.856.